The quantitative estimate of drug-likeness (QED) is 0.265. The van der Waals surface area contributed by atoms with Crippen LogP contribution in [0.25, 0.3) is 0 Å². The minimum Gasteiger partial charge on any atom is -0.329 e. The number of quaternary nitrogens is 1. The van der Waals surface area contributed by atoms with Crippen LogP contribution in [-0.2, 0) is 9.09 Å². The van der Waals surface area contributed by atoms with E-state index in [0.717, 1.165) is 23.9 Å². The lowest BCUT2D eigenvalue weighted by Crippen LogP contribution is -2.37. The number of hydrogen-bond acceptors (Lipinski definition) is 2. The Kier molecular flexibility index (Phi) is 12.6. The molecule has 4 nitrogen and oxygen atoms in total. The second-order valence-corrected chi connectivity index (χ2v) is 9.37. The van der Waals surface area contributed by atoms with E-state index in [1.54, 1.807) is 0 Å². The zero-order valence-electron chi connectivity index (χ0n) is 15.4. The predicted octanol–water partition coefficient (Wildman–Crippen LogP) is 4.82. The van der Waals surface area contributed by atoms with Gasteiger partial charge < -0.3 is 13.9 Å². The van der Waals surface area contributed by atoms with Crippen LogP contribution in [0.4, 0.5) is 0 Å². The maximum absolute atomic E-state index is 11.9. The summed E-state index contributed by atoms with van der Waals surface area (Å²) in [6.45, 7) is 3.35. The highest BCUT2D eigenvalue weighted by atomic mass is 31.2. The Balaban J connectivity index is 3.43. The highest BCUT2D eigenvalue weighted by Gasteiger charge is 2.20. The summed E-state index contributed by atoms with van der Waals surface area (Å²) in [4.78, 5) is 9.76. The molecule has 5 heteroatoms. The van der Waals surface area contributed by atoms with Crippen LogP contribution in [0, 0.1) is 0 Å². The second-order valence-electron chi connectivity index (χ2n) is 7.39. The van der Waals surface area contributed by atoms with E-state index < -0.39 is 7.60 Å². The Morgan fingerprint density at radius 3 is 1.77 bits per heavy atom. The van der Waals surface area contributed by atoms with Gasteiger partial charge in [-0.2, -0.15) is 0 Å². The Morgan fingerprint density at radius 1 is 0.864 bits per heavy atom. The molecule has 1 unspecified atom stereocenters. The van der Waals surface area contributed by atoms with Crippen molar-refractivity contribution in [2.45, 2.75) is 71.1 Å². The summed E-state index contributed by atoms with van der Waals surface area (Å²) in [6, 6.07) is 0. The van der Waals surface area contributed by atoms with Gasteiger partial charge in [-0.05, 0) is 6.42 Å². The largest absolute Gasteiger partial charge is 0.329 e. The lowest BCUT2D eigenvalue weighted by molar-refractivity contribution is -0.870. The smallest absolute Gasteiger partial charge is 0.328 e. The molecule has 0 saturated carbocycles. The van der Waals surface area contributed by atoms with Gasteiger partial charge >= 0.3 is 7.60 Å². The first-order chi connectivity index (χ1) is 10.3. The van der Waals surface area contributed by atoms with E-state index in [9.17, 15) is 9.46 Å². The fourth-order valence-corrected chi connectivity index (χ4v) is 3.44. The van der Waals surface area contributed by atoms with Crippen molar-refractivity contribution in [3.63, 3.8) is 0 Å². The van der Waals surface area contributed by atoms with Crippen molar-refractivity contribution in [3.05, 3.63) is 0 Å². The van der Waals surface area contributed by atoms with E-state index in [4.69, 9.17) is 4.52 Å². The molecule has 0 aliphatic carbocycles. The van der Waals surface area contributed by atoms with Gasteiger partial charge in [-0.15, -0.1) is 0 Å². The Hall–Kier alpha value is 0.110. The van der Waals surface area contributed by atoms with Crippen LogP contribution >= 0.6 is 7.60 Å². The van der Waals surface area contributed by atoms with Gasteiger partial charge in [0.2, 0.25) is 0 Å². The van der Waals surface area contributed by atoms with Gasteiger partial charge in [0.15, 0.2) is 0 Å². The van der Waals surface area contributed by atoms with Gasteiger partial charge in [-0.1, -0.05) is 64.7 Å². The van der Waals surface area contributed by atoms with Gasteiger partial charge in [0.1, 0.15) is 13.2 Å². The second kappa shape index (κ2) is 12.5. The van der Waals surface area contributed by atoms with E-state index in [-0.39, 0.29) is 0 Å². The molecular weight excluding hydrogens is 297 g/mol. The van der Waals surface area contributed by atoms with Crippen molar-refractivity contribution in [2.24, 2.45) is 0 Å². The minimum absolute atomic E-state index is 0.306. The zero-order valence-corrected chi connectivity index (χ0v) is 16.2. The molecule has 1 N–H and O–H groups in total. The van der Waals surface area contributed by atoms with Gasteiger partial charge in [0.05, 0.1) is 21.1 Å². The van der Waals surface area contributed by atoms with Crippen molar-refractivity contribution in [1.82, 2.24) is 0 Å². The maximum atomic E-state index is 11.9. The molecular formula is C17H39NO3P+. The topological polar surface area (TPSA) is 46.5 Å². The molecule has 0 aromatic rings. The highest BCUT2D eigenvalue weighted by Crippen LogP contribution is 2.42. The summed E-state index contributed by atoms with van der Waals surface area (Å²) in [7, 11) is 2.79. The molecule has 0 bridgehead atoms. The van der Waals surface area contributed by atoms with Gasteiger partial charge in [-0.3, -0.25) is 4.57 Å². The molecule has 0 amide bonds. The summed E-state index contributed by atoms with van der Waals surface area (Å²) in [5.41, 5.74) is 0. The third kappa shape index (κ3) is 16.5. The summed E-state index contributed by atoms with van der Waals surface area (Å²) < 4.78 is 17.8. The Labute approximate surface area is 138 Å². The number of rotatable bonds is 15. The Bertz CT molecular complexity index is 303. The average Bonchev–Trinajstić information content (AvgIpc) is 2.39. The first kappa shape index (κ1) is 22.1. The monoisotopic (exact) mass is 336 g/mol. The average molecular weight is 336 g/mol. The molecule has 0 spiro atoms. The molecule has 0 radical (unpaired) electrons. The van der Waals surface area contributed by atoms with E-state index in [1.165, 1.54) is 51.4 Å². The van der Waals surface area contributed by atoms with Crippen LogP contribution < -0.4 is 0 Å². The molecule has 0 aromatic heterocycles. The van der Waals surface area contributed by atoms with Crippen molar-refractivity contribution in [3.8, 4) is 0 Å². The van der Waals surface area contributed by atoms with Crippen LogP contribution in [0.2, 0.25) is 0 Å². The van der Waals surface area contributed by atoms with Crippen LogP contribution in [-0.4, -0.2) is 49.8 Å². The standard InChI is InChI=1S/C17H38NO3P/c1-5-6-7-8-9-10-11-12-13-14-17-22(19,20)21-16-15-18(2,3)4/h5-17H2,1-4H3/p+1. The fourth-order valence-electron chi connectivity index (χ4n) is 2.32. The molecule has 0 rings (SSSR count). The summed E-state index contributed by atoms with van der Waals surface area (Å²) in [5.74, 6) is 0. The molecule has 0 fully saturated rings. The van der Waals surface area contributed by atoms with Crippen LogP contribution in [0.1, 0.15) is 71.1 Å². The number of unbranched alkanes of at least 4 members (excludes halogenated alkanes) is 9. The SMILES string of the molecule is CCCCCCCCCCCCP(=O)(O)OCC[N+](C)(C)C. The van der Waals surface area contributed by atoms with Crippen molar-refractivity contribution < 1.29 is 18.5 Å². The van der Waals surface area contributed by atoms with Crippen LogP contribution in [0.3, 0.4) is 0 Å². The van der Waals surface area contributed by atoms with Crippen LogP contribution in [0.15, 0.2) is 0 Å². The molecule has 0 saturated heterocycles. The lowest BCUT2D eigenvalue weighted by atomic mass is 10.1. The molecule has 0 aromatic carbocycles. The summed E-state index contributed by atoms with van der Waals surface area (Å²) in [6.07, 6.45) is 12.6. The normalized spacial score (nSPS) is 15.0. The molecule has 0 aliphatic rings. The van der Waals surface area contributed by atoms with E-state index in [2.05, 4.69) is 6.92 Å². The van der Waals surface area contributed by atoms with Crippen molar-refractivity contribution >= 4 is 7.60 Å². The van der Waals surface area contributed by atoms with Crippen molar-refractivity contribution in [2.75, 3.05) is 40.5 Å². The third-order valence-corrected chi connectivity index (χ3v) is 5.32. The molecule has 134 valence electrons. The Morgan fingerprint density at radius 2 is 1.32 bits per heavy atom. The van der Waals surface area contributed by atoms with Gasteiger partial charge in [0, 0.05) is 6.16 Å². The predicted molar refractivity (Wildman–Crippen MR) is 95.4 cm³/mol. The van der Waals surface area contributed by atoms with E-state index in [1.807, 2.05) is 21.1 Å². The third-order valence-electron chi connectivity index (χ3n) is 3.85. The fraction of sp³-hybridized carbons (Fsp3) is 1.00. The van der Waals surface area contributed by atoms with E-state index >= 15 is 0 Å². The van der Waals surface area contributed by atoms with Gasteiger partial charge in [0.25, 0.3) is 0 Å². The van der Waals surface area contributed by atoms with Crippen LogP contribution in [0.5, 0.6) is 0 Å². The van der Waals surface area contributed by atoms with Gasteiger partial charge in [-0.25, -0.2) is 0 Å². The summed E-state index contributed by atoms with van der Waals surface area (Å²) in [5, 5.41) is 0. The lowest BCUT2D eigenvalue weighted by Gasteiger charge is -2.24. The first-order valence-corrected chi connectivity index (χ1v) is 10.8. The molecule has 22 heavy (non-hydrogen) atoms. The van der Waals surface area contributed by atoms with E-state index in [0.29, 0.717) is 12.8 Å². The zero-order chi connectivity index (χ0) is 16.9. The molecule has 0 heterocycles. The first-order valence-electron chi connectivity index (χ1n) is 9.04. The highest BCUT2D eigenvalue weighted by molar-refractivity contribution is 7.52. The number of likely N-dealkylation sites (N-methyl/N-ethyl adjacent to an activating group) is 1. The molecule has 1 atom stereocenters. The van der Waals surface area contributed by atoms with Crippen molar-refractivity contribution in [1.29, 1.82) is 0 Å². The maximum Gasteiger partial charge on any atom is 0.328 e. The minimum atomic E-state index is -3.36. The number of hydrogen-bond donors (Lipinski definition) is 1. The number of nitrogens with zero attached hydrogens (tertiary/aromatic N) is 1. The molecule has 0 aliphatic heterocycles. The summed E-state index contributed by atoms with van der Waals surface area (Å²) >= 11 is 0.